The molecule has 3 heteroatoms. The average Bonchev–Trinajstić information content (AvgIpc) is 2.18. The molecule has 0 bridgehead atoms. The van der Waals surface area contributed by atoms with Crippen molar-refractivity contribution in [2.75, 3.05) is 11.9 Å². The molecule has 0 fully saturated rings. The third-order valence-electron chi connectivity index (χ3n) is 2.40. The normalized spacial score (nSPS) is 15.0. The van der Waals surface area contributed by atoms with Crippen molar-refractivity contribution < 1.29 is 0 Å². The van der Waals surface area contributed by atoms with E-state index in [1.807, 2.05) is 18.2 Å². The van der Waals surface area contributed by atoms with Crippen LogP contribution in [0.4, 0.5) is 5.82 Å². The van der Waals surface area contributed by atoms with E-state index < -0.39 is 0 Å². The summed E-state index contributed by atoms with van der Waals surface area (Å²) in [7, 11) is 0. The highest BCUT2D eigenvalue weighted by Crippen LogP contribution is 2.20. The van der Waals surface area contributed by atoms with Gasteiger partial charge in [0.15, 0.2) is 0 Å². The van der Waals surface area contributed by atoms with Gasteiger partial charge in [-0.3, -0.25) is 0 Å². The van der Waals surface area contributed by atoms with Crippen molar-refractivity contribution in [1.82, 2.24) is 4.98 Å². The Kier molecular flexibility index (Phi) is 4.09. The largest absolute Gasteiger partial charge is 0.364 e. The summed E-state index contributed by atoms with van der Waals surface area (Å²) < 4.78 is 0. The Hall–Kier alpha value is -1.09. The molecule has 0 amide bonds. The van der Waals surface area contributed by atoms with E-state index in [4.69, 9.17) is 5.73 Å². The molecule has 84 valence electrons. The number of hydrogen-bond donors (Lipinski definition) is 2. The molecule has 15 heavy (non-hydrogen) atoms. The molecule has 0 aromatic carbocycles. The lowest BCUT2D eigenvalue weighted by molar-refractivity contribution is 0.406. The minimum absolute atomic E-state index is 0.0669. The molecular formula is C12H21N3. The maximum Gasteiger partial charge on any atom is 0.126 e. The summed E-state index contributed by atoms with van der Waals surface area (Å²) >= 11 is 0. The lowest BCUT2D eigenvalue weighted by Gasteiger charge is -2.31. The van der Waals surface area contributed by atoms with Crippen molar-refractivity contribution in [1.29, 1.82) is 0 Å². The Labute approximate surface area is 92.1 Å². The van der Waals surface area contributed by atoms with Gasteiger partial charge in [-0.1, -0.05) is 19.9 Å². The quantitative estimate of drug-likeness (QED) is 0.778. The molecule has 0 aliphatic rings. The Morgan fingerprint density at radius 2 is 2.20 bits per heavy atom. The van der Waals surface area contributed by atoms with Crippen LogP contribution in [0.15, 0.2) is 24.4 Å². The number of rotatable bonds is 5. The van der Waals surface area contributed by atoms with Gasteiger partial charge in [-0.2, -0.15) is 0 Å². The summed E-state index contributed by atoms with van der Waals surface area (Å²) in [5, 5.41) is 3.40. The Balaban J connectivity index is 2.68. The van der Waals surface area contributed by atoms with Crippen LogP contribution in [0.5, 0.6) is 0 Å². The fourth-order valence-electron chi connectivity index (χ4n) is 1.83. The molecule has 0 spiro atoms. The second-order valence-corrected chi connectivity index (χ2v) is 4.70. The van der Waals surface area contributed by atoms with Gasteiger partial charge < -0.3 is 11.1 Å². The number of pyridine rings is 1. The van der Waals surface area contributed by atoms with Gasteiger partial charge in [-0.25, -0.2) is 4.98 Å². The van der Waals surface area contributed by atoms with Gasteiger partial charge in [0.2, 0.25) is 0 Å². The Morgan fingerprint density at radius 1 is 1.47 bits per heavy atom. The van der Waals surface area contributed by atoms with Crippen molar-refractivity contribution in [2.45, 2.75) is 32.7 Å². The number of aromatic nitrogens is 1. The molecule has 0 aliphatic heterocycles. The second-order valence-electron chi connectivity index (χ2n) is 4.70. The number of anilines is 1. The Bertz CT molecular complexity index is 284. The fraction of sp³-hybridized carbons (Fsp3) is 0.583. The number of nitrogens with two attached hydrogens (primary N) is 1. The summed E-state index contributed by atoms with van der Waals surface area (Å²) in [6.07, 6.45) is 2.83. The lowest BCUT2D eigenvalue weighted by Crippen LogP contribution is -2.43. The second kappa shape index (κ2) is 5.12. The third-order valence-corrected chi connectivity index (χ3v) is 2.40. The summed E-state index contributed by atoms with van der Waals surface area (Å²) in [5.74, 6) is 1.51. The minimum atomic E-state index is -0.0669. The summed E-state index contributed by atoms with van der Waals surface area (Å²) in [5.41, 5.74) is 5.75. The molecule has 0 saturated heterocycles. The van der Waals surface area contributed by atoms with E-state index in [0.29, 0.717) is 12.5 Å². The van der Waals surface area contributed by atoms with Crippen LogP contribution < -0.4 is 11.1 Å². The van der Waals surface area contributed by atoms with Crippen molar-refractivity contribution >= 4 is 5.82 Å². The molecular weight excluding hydrogens is 186 g/mol. The lowest BCUT2D eigenvalue weighted by atomic mass is 9.91. The van der Waals surface area contributed by atoms with E-state index in [2.05, 4.69) is 31.1 Å². The van der Waals surface area contributed by atoms with Crippen LogP contribution in [-0.2, 0) is 0 Å². The third kappa shape index (κ3) is 3.88. The minimum Gasteiger partial charge on any atom is -0.364 e. The van der Waals surface area contributed by atoms with Gasteiger partial charge in [0, 0.05) is 18.3 Å². The van der Waals surface area contributed by atoms with E-state index >= 15 is 0 Å². The zero-order valence-electron chi connectivity index (χ0n) is 9.83. The smallest absolute Gasteiger partial charge is 0.126 e. The van der Waals surface area contributed by atoms with Crippen LogP contribution in [0.25, 0.3) is 0 Å². The molecule has 1 aromatic heterocycles. The molecule has 3 N–H and O–H groups in total. The number of hydrogen-bond acceptors (Lipinski definition) is 3. The van der Waals surface area contributed by atoms with Gasteiger partial charge in [0.25, 0.3) is 0 Å². The highest BCUT2D eigenvalue weighted by Gasteiger charge is 2.23. The van der Waals surface area contributed by atoms with E-state index in [-0.39, 0.29) is 5.54 Å². The predicted molar refractivity (Wildman–Crippen MR) is 64.8 cm³/mol. The molecule has 1 aromatic rings. The molecule has 3 nitrogen and oxygen atoms in total. The maximum atomic E-state index is 5.81. The molecule has 1 heterocycles. The Morgan fingerprint density at radius 3 is 2.67 bits per heavy atom. The van der Waals surface area contributed by atoms with Crippen LogP contribution in [0.2, 0.25) is 0 Å². The van der Waals surface area contributed by atoms with Gasteiger partial charge >= 0.3 is 0 Å². The predicted octanol–water partition coefficient (Wildman–Crippen LogP) is 2.26. The van der Waals surface area contributed by atoms with Crippen molar-refractivity contribution in [3.63, 3.8) is 0 Å². The van der Waals surface area contributed by atoms with E-state index in [1.54, 1.807) is 6.20 Å². The molecule has 0 aliphatic carbocycles. The molecule has 1 unspecified atom stereocenters. The zero-order chi connectivity index (χ0) is 11.3. The van der Waals surface area contributed by atoms with Crippen LogP contribution in [0.1, 0.15) is 27.2 Å². The van der Waals surface area contributed by atoms with Crippen molar-refractivity contribution in [3.05, 3.63) is 24.4 Å². The average molecular weight is 207 g/mol. The van der Waals surface area contributed by atoms with E-state index in [9.17, 15) is 0 Å². The summed E-state index contributed by atoms with van der Waals surface area (Å²) in [4.78, 5) is 4.25. The first kappa shape index (κ1) is 12.0. The molecule has 1 rings (SSSR count). The first-order chi connectivity index (χ1) is 7.06. The maximum absolute atomic E-state index is 5.81. The molecule has 0 radical (unpaired) electrons. The van der Waals surface area contributed by atoms with Gasteiger partial charge in [0.1, 0.15) is 5.82 Å². The summed E-state index contributed by atoms with van der Waals surface area (Å²) in [6, 6.07) is 5.85. The monoisotopic (exact) mass is 207 g/mol. The summed E-state index contributed by atoms with van der Waals surface area (Å²) in [6.45, 7) is 7.16. The highest BCUT2D eigenvalue weighted by atomic mass is 15.1. The molecule has 0 saturated carbocycles. The van der Waals surface area contributed by atoms with Crippen LogP contribution in [0.3, 0.4) is 0 Å². The molecule has 1 atom stereocenters. The van der Waals surface area contributed by atoms with Crippen LogP contribution in [0, 0.1) is 5.92 Å². The number of nitrogens with one attached hydrogen (secondary N) is 1. The first-order valence-electron chi connectivity index (χ1n) is 5.45. The zero-order valence-corrected chi connectivity index (χ0v) is 9.83. The standard InChI is InChI=1S/C12H21N3/c1-10(2)8-12(3,9-13)15-11-6-4-5-7-14-11/h4-7,10H,8-9,13H2,1-3H3,(H,14,15). The fourth-order valence-corrected chi connectivity index (χ4v) is 1.83. The van der Waals surface area contributed by atoms with E-state index in [1.165, 1.54) is 0 Å². The SMILES string of the molecule is CC(C)CC(C)(CN)Nc1ccccn1. The van der Waals surface area contributed by atoms with Gasteiger partial charge in [-0.15, -0.1) is 0 Å². The van der Waals surface area contributed by atoms with E-state index in [0.717, 1.165) is 12.2 Å². The van der Waals surface area contributed by atoms with Gasteiger partial charge in [-0.05, 0) is 31.4 Å². The first-order valence-corrected chi connectivity index (χ1v) is 5.45. The van der Waals surface area contributed by atoms with Crippen LogP contribution >= 0.6 is 0 Å². The van der Waals surface area contributed by atoms with Crippen LogP contribution in [-0.4, -0.2) is 17.1 Å². The van der Waals surface area contributed by atoms with Crippen molar-refractivity contribution in [2.24, 2.45) is 11.7 Å². The number of nitrogens with zero attached hydrogens (tertiary/aromatic N) is 1. The topological polar surface area (TPSA) is 50.9 Å². The highest BCUT2D eigenvalue weighted by molar-refractivity contribution is 5.36. The van der Waals surface area contributed by atoms with Crippen molar-refractivity contribution in [3.8, 4) is 0 Å². The van der Waals surface area contributed by atoms with Gasteiger partial charge in [0.05, 0.1) is 0 Å².